The topological polar surface area (TPSA) is 20.2 Å². The van der Waals surface area contributed by atoms with Gasteiger partial charge in [-0.05, 0) is 0 Å². The van der Waals surface area contributed by atoms with Crippen LogP contribution in [0.15, 0.2) is 0 Å². The molecular formula is C4H9AsOS. The van der Waals surface area contributed by atoms with Gasteiger partial charge < -0.3 is 0 Å². The van der Waals surface area contributed by atoms with Crippen LogP contribution in [0.25, 0.3) is 0 Å². The van der Waals surface area contributed by atoms with E-state index >= 15 is 0 Å². The van der Waals surface area contributed by atoms with E-state index in [1.807, 2.05) is 0 Å². The third kappa shape index (κ3) is 3.45. The molecule has 0 heterocycles. The van der Waals surface area contributed by atoms with Gasteiger partial charge in [0.25, 0.3) is 0 Å². The van der Waals surface area contributed by atoms with E-state index in [0.29, 0.717) is 0 Å². The van der Waals surface area contributed by atoms with Crippen LogP contribution in [-0.4, -0.2) is 31.6 Å². The first-order valence-corrected chi connectivity index (χ1v) is 3.63. The molecule has 0 aliphatic heterocycles. The van der Waals surface area contributed by atoms with E-state index in [1.54, 1.807) is 13.8 Å². The zero-order valence-corrected chi connectivity index (χ0v) is 7.19. The summed E-state index contributed by atoms with van der Waals surface area (Å²) < 4.78 is -0.0139. The Hall–Kier alpha value is 0.868. The van der Waals surface area contributed by atoms with Crippen LogP contribution in [0.2, 0.25) is 0 Å². The van der Waals surface area contributed by atoms with Crippen molar-refractivity contribution in [3.63, 3.8) is 0 Å². The molecule has 0 aromatic heterocycles. The van der Waals surface area contributed by atoms with Gasteiger partial charge in [-0.15, -0.1) is 0 Å². The molecule has 1 atom stereocenters. The van der Waals surface area contributed by atoms with Gasteiger partial charge in [-0.25, -0.2) is 0 Å². The van der Waals surface area contributed by atoms with Crippen LogP contribution in [-0.2, 0) is 0 Å². The fourth-order valence-corrected chi connectivity index (χ4v) is 0. The van der Waals surface area contributed by atoms with Crippen molar-refractivity contribution in [1.82, 2.24) is 0 Å². The van der Waals surface area contributed by atoms with E-state index in [0.717, 1.165) is 0 Å². The summed E-state index contributed by atoms with van der Waals surface area (Å²) in [7, 11) is 0. The van der Waals surface area contributed by atoms with Crippen molar-refractivity contribution in [2.75, 3.05) is 0 Å². The summed E-state index contributed by atoms with van der Waals surface area (Å²) in [6, 6.07) is 0. The predicted molar refractivity (Wildman–Crippen MR) is 34.8 cm³/mol. The maximum atomic E-state index is 9.00. The molecule has 0 bridgehead atoms. The molecule has 0 aliphatic rings. The minimum absolute atomic E-state index is 0.0139. The van der Waals surface area contributed by atoms with Gasteiger partial charge in [-0.1, -0.05) is 0 Å². The van der Waals surface area contributed by atoms with Crippen LogP contribution in [0.5, 0.6) is 0 Å². The Bertz CT molecular complexity index is 57.2. The number of rotatable bonds is 1. The first-order valence-electron chi connectivity index (χ1n) is 2.03. The van der Waals surface area contributed by atoms with Crippen molar-refractivity contribution in [3.8, 4) is 0 Å². The van der Waals surface area contributed by atoms with Crippen molar-refractivity contribution in [2.45, 2.75) is 23.5 Å². The van der Waals surface area contributed by atoms with E-state index in [9.17, 15) is 0 Å². The normalized spacial score (nSPS) is 16.7. The first kappa shape index (κ1) is 7.87. The first-order chi connectivity index (χ1) is 2.94. The molecule has 7 heavy (non-hydrogen) atoms. The third-order valence-electron chi connectivity index (χ3n) is 0.632. The van der Waals surface area contributed by atoms with E-state index in [4.69, 9.17) is 5.11 Å². The monoisotopic (exact) mass is 180 g/mol. The molecule has 0 aliphatic carbocycles. The SMILES string of the molecule is CC(C)(O)C(S)[As]. The second-order valence-electron chi connectivity index (χ2n) is 2.03. The van der Waals surface area contributed by atoms with Gasteiger partial charge in [0.2, 0.25) is 0 Å². The molecule has 0 aromatic carbocycles. The van der Waals surface area contributed by atoms with Crippen LogP contribution in [0, 0.1) is 0 Å². The van der Waals surface area contributed by atoms with Crippen LogP contribution in [0.3, 0.4) is 0 Å². The zero-order valence-electron chi connectivity index (χ0n) is 4.42. The Kier molecular flexibility index (Phi) is 2.73. The van der Waals surface area contributed by atoms with Crippen molar-refractivity contribution >= 4 is 29.5 Å². The standard InChI is InChI=1S/C4H9AsOS/c1-4(2,6)3(5)7/h3,6-7H,1-2H3. The molecule has 0 aromatic rings. The second kappa shape index (κ2) is 2.43. The van der Waals surface area contributed by atoms with E-state index in [-0.39, 0.29) is 4.04 Å². The Morgan fingerprint density at radius 2 is 1.86 bits per heavy atom. The Balaban J connectivity index is 3.54. The minimum atomic E-state index is -0.664. The Morgan fingerprint density at radius 3 is 1.86 bits per heavy atom. The van der Waals surface area contributed by atoms with Crippen LogP contribution in [0.4, 0.5) is 0 Å². The van der Waals surface area contributed by atoms with Crippen LogP contribution >= 0.6 is 12.6 Å². The summed E-state index contributed by atoms with van der Waals surface area (Å²) in [6.07, 6.45) is 0. The number of aliphatic hydroxyl groups is 1. The van der Waals surface area contributed by atoms with E-state index in [1.165, 1.54) is 0 Å². The fourth-order valence-electron chi connectivity index (χ4n) is 0. The average molecular weight is 180 g/mol. The second-order valence-corrected chi connectivity index (χ2v) is 4.51. The van der Waals surface area contributed by atoms with Crippen molar-refractivity contribution in [1.29, 1.82) is 0 Å². The molecule has 42 valence electrons. The molecule has 1 nitrogen and oxygen atoms in total. The summed E-state index contributed by atoms with van der Waals surface area (Å²) in [5.74, 6) is 0. The summed E-state index contributed by atoms with van der Waals surface area (Å²) in [5, 5.41) is 9.00. The molecule has 2 radical (unpaired) electrons. The molecule has 0 rings (SSSR count). The van der Waals surface area contributed by atoms with Gasteiger partial charge >= 0.3 is 58.1 Å². The summed E-state index contributed by atoms with van der Waals surface area (Å²) in [6.45, 7) is 3.45. The number of thiol groups is 1. The average Bonchev–Trinajstić information content (AvgIpc) is 1.31. The van der Waals surface area contributed by atoms with Gasteiger partial charge in [-0.3, -0.25) is 0 Å². The Labute approximate surface area is 58.4 Å². The molecule has 1 unspecified atom stereocenters. The van der Waals surface area contributed by atoms with Crippen LogP contribution < -0.4 is 0 Å². The summed E-state index contributed by atoms with van der Waals surface area (Å²) >= 11 is 6.28. The number of hydrogen-bond acceptors (Lipinski definition) is 2. The van der Waals surface area contributed by atoms with Gasteiger partial charge in [0.05, 0.1) is 0 Å². The molecule has 1 N–H and O–H groups in total. The van der Waals surface area contributed by atoms with Crippen molar-refractivity contribution in [2.24, 2.45) is 0 Å². The van der Waals surface area contributed by atoms with Crippen LogP contribution in [0.1, 0.15) is 13.8 Å². The third-order valence-corrected chi connectivity index (χ3v) is 2.59. The molecule has 0 saturated carbocycles. The molecule has 0 spiro atoms. The van der Waals surface area contributed by atoms with Crippen molar-refractivity contribution < 1.29 is 5.11 Å². The molecule has 0 fully saturated rings. The molecule has 0 amide bonds. The fraction of sp³-hybridized carbons (Fsp3) is 1.00. The molecular weight excluding hydrogens is 171 g/mol. The van der Waals surface area contributed by atoms with Crippen molar-refractivity contribution in [3.05, 3.63) is 0 Å². The van der Waals surface area contributed by atoms with Gasteiger partial charge in [0.1, 0.15) is 0 Å². The van der Waals surface area contributed by atoms with Gasteiger partial charge in [0, 0.05) is 0 Å². The molecule has 3 heteroatoms. The summed E-state index contributed by atoms with van der Waals surface area (Å²) in [5.41, 5.74) is -0.664. The Morgan fingerprint density at radius 1 is 1.71 bits per heavy atom. The molecule has 0 saturated heterocycles. The quantitative estimate of drug-likeness (QED) is 0.435. The van der Waals surface area contributed by atoms with E-state index in [2.05, 4.69) is 29.5 Å². The van der Waals surface area contributed by atoms with E-state index < -0.39 is 5.60 Å². The summed E-state index contributed by atoms with van der Waals surface area (Å²) in [4.78, 5) is 0. The van der Waals surface area contributed by atoms with Gasteiger partial charge in [0.15, 0.2) is 0 Å². The van der Waals surface area contributed by atoms with Gasteiger partial charge in [-0.2, -0.15) is 0 Å². The number of hydrogen-bond donors (Lipinski definition) is 2. The maximum absolute atomic E-state index is 9.00. The zero-order chi connectivity index (χ0) is 6.08. The predicted octanol–water partition coefficient (Wildman–Crippen LogP) is 0.182.